The van der Waals surface area contributed by atoms with Crippen molar-refractivity contribution in [1.29, 1.82) is 0 Å². The van der Waals surface area contributed by atoms with Crippen molar-refractivity contribution < 1.29 is 4.39 Å². The number of hydrogen-bond donors (Lipinski definition) is 0. The van der Waals surface area contributed by atoms with Crippen LogP contribution >= 0.6 is 23.4 Å². The lowest BCUT2D eigenvalue weighted by Gasteiger charge is -2.08. The lowest BCUT2D eigenvalue weighted by molar-refractivity contribution is 0.626. The topological polar surface area (TPSA) is 0 Å². The second kappa shape index (κ2) is 4.15. The zero-order valence-electron chi connectivity index (χ0n) is 6.97. The van der Waals surface area contributed by atoms with Gasteiger partial charge in [0, 0.05) is 5.25 Å². The van der Waals surface area contributed by atoms with Crippen molar-refractivity contribution in [3.8, 4) is 0 Å². The normalized spacial score (nSPS) is 13.0. The fourth-order valence-electron chi connectivity index (χ4n) is 0.901. The minimum absolute atomic E-state index is 0.187. The third kappa shape index (κ3) is 2.14. The van der Waals surface area contributed by atoms with Crippen LogP contribution in [0.25, 0.3) is 0 Å². The molecule has 0 N–H and O–H groups in total. The van der Waals surface area contributed by atoms with E-state index in [1.54, 1.807) is 17.8 Å². The molecule has 1 aromatic rings. The fourth-order valence-corrected chi connectivity index (χ4v) is 1.44. The molecule has 0 saturated carbocycles. The minimum atomic E-state index is -0.338. The van der Waals surface area contributed by atoms with Crippen molar-refractivity contribution in [1.82, 2.24) is 0 Å². The highest BCUT2D eigenvalue weighted by Gasteiger charge is 2.06. The molecule has 0 heterocycles. The van der Waals surface area contributed by atoms with E-state index in [2.05, 4.69) is 0 Å². The fraction of sp³-hybridized carbons (Fsp3) is 0.333. The molecule has 0 fully saturated rings. The van der Waals surface area contributed by atoms with E-state index in [0.717, 1.165) is 5.56 Å². The van der Waals surface area contributed by atoms with Crippen LogP contribution in [0.2, 0.25) is 5.02 Å². The Morgan fingerprint density at radius 1 is 1.50 bits per heavy atom. The van der Waals surface area contributed by atoms with E-state index in [-0.39, 0.29) is 10.8 Å². The third-order valence-electron chi connectivity index (χ3n) is 1.77. The first-order chi connectivity index (χ1) is 5.65. The summed E-state index contributed by atoms with van der Waals surface area (Å²) in [6.45, 7) is 2.04. The Bertz CT molecular complexity index is 275. The van der Waals surface area contributed by atoms with Crippen molar-refractivity contribution in [2.45, 2.75) is 12.2 Å². The van der Waals surface area contributed by atoms with Crippen LogP contribution in [0.3, 0.4) is 0 Å². The molecule has 66 valence electrons. The number of thioether (sulfide) groups is 1. The molecule has 0 aliphatic heterocycles. The van der Waals surface area contributed by atoms with E-state index in [4.69, 9.17) is 11.6 Å². The summed E-state index contributed by atoms with van der Waals surface area (Å²) in [6, 6.07) is 4.94. The quantitative estimate of drug-likeness (QED) is 0.704. The van der Waals surface area contributed by atoms with Gasteiger partial charge in [-0.2, -0.15) is 11.8 Å². The van der Waals surface area contributed by atoms with Gasteiger partial charge >= 0.3 is 0 Å². The standard InChI is InChI=1S/C9H10ClFS/c1-6(12-2)7-3-4-8(10)9(11)5-7/h3-6H,1-2H3. The molecular formula is C9H10ClFS. The van der Waals surface area contributed by atoms with Gasteiger partial charge < -0.3 is 0 Å². The summed E-state index contributed by atoms with van der Waals surface area (Å²) >= 11 is 7.23. The first-order valence-corrected chi connectivity index (χ1v) is 5.29. The molecule has 0 bridgehead atoms. The molecule has 0 spiro atoms. The Balaban J connectivity index is 2.96. The zero-order valence-corrected chi connectivity index (χ0v) is 8.55. The average molecular weight is 205 g/mol. The highest BCUT2D eigenvalue weighted by Crippen LogP contribution is 2.27. The summed E-state index contributed by atoms with van der Waals surface area (Å²) < 4.78 is 12.9. The van der Waals surface area contributed by atoms with Gasteiger partial charge in [-0.05, 0) is 30.9 Å². The Hall–Kier alpha value is -0.210. The van der Waals surface area contributed by atoms with E-state index in [1.807, 2.05) is 19.2 Å². The molecule has 1 unspecified atom stereocenters. The smallest absolute Gasteiger partial charge is 0.142 e. The van der Waals surface area contributed by atoms with Gasteiger partial charge in [0.05, 0.1) is 5.02 Å². The van der Waals surface area contributed by atoms with E-state index in [1.165, 1.54) is 6.07 Å². The molecular weight excluding hydrogens is 195 g/mol. The van der Waals surface area contributed by atoms with E-state index < -0.39 is 0 Å². The van der Waals surface area contributed by atoms with E-state index >= 15 is 0 Å². The van der Waals surface area contributed by atoms with Gasteiger partial charge in [-0.1, -0.05) is 17.7 Å². The van der Waals surface area contributed by atoms with E-state index in [9.17, 15) is 4.39 Å². The monoisotopic (exact) mass is 204 g/mol. The highest BCUT2D eigenvalue weighted by atomic mass is 35.5. The number of rotatable bonds is 2. The summed E-state index contributed by atoms with van der Waals surface area (Å²) in [5.74, 6) is -0.338. The summed E-state index contributed by atoms with van der Waals surface area (Å²) in [6.07, 6.45) is 2.00. The molecule has 1 atom stereocenters. The Kier molecular flexibility index (Phi) is 3.41. The highest BCUT2D eigenvalue weighted by molar-refractivity contribution is 7.98. The average Bonchev–Trinajstić information content (AvgIpc) is 2.08. The van der Waals surface area contributed by atoms with Crippen LogP contribution in [-0.4, -0.2) is 6.26 Å². The summed E-state index contributed by atoms with van der Waals surface area (Å²) in [5, 5.41) is 0.504. The maximum atomic E-state index is 12.9. The molecule has 0 saturated heterocycles. The Morgan fingerprint density at radius 3 is 2.67 bits per heavy atom. The largest absolute Gasteiger partial charge is 0.205 e. The predicted octanol–water partition coefficient (Wildman–Crippen LogP) is 3.90. The number of halogens is 2. The molecule has 0 nitrogen and oxygen atoms in total. The lowest BCUT2D eigenvalue weighted by atomic mass is 10.2. The number of hydrogen-bond acceptors (Lipinski definition) is 1. The zero-order chi connectivity index (χ0) is 9.14. The molecule has 3 heteroatoms. The van der Waals surface area contributed by atoms with E-state index in [0.29, 0.717) is 5.25 Å². The molecule has 0 aliphatic carbocycles. The Labute approximate surface area is 81.1 Å². The third-order valence-corrected chi connectivity index (χ3v) is 3.05. The summed E-state index contributed by atoms with van der Waals surface area (Å²) in [5.41, 5.74) is 0.976. The van der Waals surface area contributed by atoms with Crippen molar-refractivity contribution >= 4 is 23.4 Å². The van der Waals surface area contributed by atoms with Crippen LogP contribution in [0.1, 0.15) is 17.7 Å². The molecule has 1 aromatic carbocycles. The maximum absolute atomic E-state index is 12.9. The first kappa shape index (κ1) is 9.87. The van der Waals surface area contributed by atoms with Crippen LogP contribution in [-0.2, 0) is 0 Å². The lowest BCUT2D eigenvalue weighted by Crippen LogP contribution is -1.88. The van der Waals surface area contributed by atoms with Crippen LogP contribution in [0.15, 0.2) is 18.2 Å². The van der Waals surface area contributed by atoms with Crippen LogP contribution in [0, 0.1) is 5.82 Å². The number of benzene rings is 1. The summed E-state index contributed by atoms with van der Waals surface area (Å²) in [7, 11) is 0. The molecule has 1 rings (SSSR count). The van der Waals surface area contributed by atoms with Gasteiger partial charge in [0.25, 0.3) is 0 Å². The van der Waals surface area contributed by atoms with Gasteiger partial charge in [0.15, 0.2) is 0 Å². The Morgan fingerprint density at radius 2 is 2.17 bits per heavy atom. The van der Waals surface area contributed by atoms with Gasteiger partial charge in [-0.15, -0.1) is 0 Å². The minimum Gasteiger partial charge on any atom is -0.205 e. The van der Waals surface area contributed by atoms with Crippen LogP contribution in [0.5, 0.6) is 0 Å². The molecule has 12 heavy (non-hydrogen) atoms. The molecule has 0 amide bonds. The van der Waals surface area contributed by atoms with Crippen LogP contribution < -0.4 is 0 Å². The molecule has 0 aromatic heterocycles. The van der Waals surface area contributed by atoms with Gasteiger partial charge in [0.2, 0.25) is 0 Å². The van der Waals surface area contributed by atoms with Gasteiger partial charge in [-0.25, -0.2) is 4.39 Å². The van der Waals surface area contributed by atoms with Gasteiger partial charge in [0.1, 0.15) is 5.82 Å². The van der Waals surface area contributed by atoms with Crippen molar-refractivity contribution in [2.24, 2.45) is 0 Å². The van der Waals surface area contributed by atoms with Crippen molar-refractivity contribution in [3.05, 3.63) is 34.6 Å². The predicted molar refractivity (Wildman–Crippen MR) is 53.3 cm³/mol. The van der Waals surface area contributed by atoms with Crippen molar-refractivity contribution in [2.75, 3.05) is 6.26 Å². The first-order valence-electron chi connectivity index (χ1n) is 3.63. The molecule has 0 radical (unpaired) electrons. The maximum Gasteiger partial charge on any atom is 0.142 e. The van der Waals surface area contributed by atoms with Gasteiger partial charge in [-0.3, -0.25) is 0 Å². The van der Waals surface area contributed by atoms with Crippen molar-refractivity contribution in [3.63, 3.8) is 0 Å². The second-order valence-corrected chi connectivity index (χ2v) is 4.14. The SMILES string of the molecule is CSC(C)c1ccc(Cl)c(F)c1. The molecule has 0 aliphatic rings. The summed E-state index contributed by atoms with van der Waals surface area (Å²) in [4.78, 5) is 0. The second-order valence-electron chi connectivity index (χ2n) is 2.55. The van der Waals surface area contributed by atoms with Crippen LogP contribution in [0.4, 0.5) is 4.39 Å².